The molecule has 0 aliphatic heterocycles. The molecule has 2 N–H and O–H groups in total. The van der Waals surface area contributed by atoms with Crippen LogP contribution < -0.4 is 10.0 Å². The van der Waals surface area contributed by atoms with Crippen LogP contribution in [0.2, 0.25) is 0 Å². The zero-order valence-corrected chi connectivity index (χ0v) is 15.7. The molecule has 1 aromatic rings. The molecule has 0 bridgehead atoms. The summed E-state index contributed by atoms with van der Waals surface area (Å²) in [6, 6.07) is 9.40. The largest absolute Gasteiger partial charge is 0.309 e. The van der Waals surface area contributed by atoms with Crippen LogP contribution in [0.5, 0.6) is 0 Å². The highest BCUT2D eigenvalue weighted by Crippen LogP contribution is 2.40. The highest BCUT2D eigenvalue weighted by molar-refractivity contribution is 7.90. The Morgan fingerprint density at radius 1 is 1.21 bits per heavy atom. The van der Waals surface area contributed by atoms with Crippen LogP contribution in [-0.2, 0) is 14.8 Å². The fourth-order valence-electron chi connectivity index (χ4n) is 3.05. The number of carbonyl (C=O) groups excluding carboxylic acids is 1. The van der Waals surface area contributed by atoms with Gasteiger partial charge in [0.2, 0.25) is 10.0 Å². The molecule has 6 heteroatoms. The number of amides is 1. The number of likely N-dealkylation sites (N-methyl/N-ethyl adjacent to an activating group) is 1. The summed E-state index contributed by atoms with van der Waals surface area (Å²) in [5.74, 6) is -0.201. The Morgan fingerprint density at radius 3 is 2.29 bits per heavy atom. The molecule has 1 aliphatic rings. The number of benzene rings is 1. The lowest BCUT2D eigenvalue weighted by atomic mass is 9.79. The van der Waals surface area contributed by atoms with Crippen molar-refractivity contribution in [3.05, 3.63) is 35.9 Å². The molecule has 1 fully saturated rings. The maximum Gasteiger partial charge on any atom is 0.250 e. The van der Waals surface area contributed by atoms with Crippen molar-refractivity contribution in [2.24, 2.45) is 5.41 Å². The van der Waals surface area contributed by atoms with Crippen molar-refractivity contribution < 1.29 is 13.2 Å². The molecule has 0 aromatic heterocycles. The third-order valence-electron chi connectivity index (χ3n) is 4.53. The molecule has 1 aliphatic carbocycles. The van der Waals surface area contributed by atoms with Gasteiger partial charge in [0.05, 0.1) is 11.3 Å². The number of nitrogens with one attached hydrogen (secondary N) is 2. The van der Waals surface area contributed by atoms with Crippen LogP contribution in [0.1, 0.15) is 51.5 Å². The Morgan fingerprint density at radius 2 is 1.79 bits per heavy atom. The zero-order chi connectivity index (χ0) is 18.0. The summed E-state index contributed by atoms with van der Waals surface area (Å²) < 4.78 is 27.1. The number of sulfonamides is 1. The number of rotatable bonds is 6. The highest BCUT2D eigenvalue weighted by atomic mass is 32.2. The number of hydrogen-bond donors (Lipinski definition) is 2. The topological polar surface area (TPSA) is 75.3 Å². The van der Waals surface area contributed by atoms with E-state index in [0.717, 1.165) is 5.56 Å². The molecule has 0 radical (unpaired) electrons. The lowest BCUT2D eigenvalue weighted by Gasteiger charge is -2.35. The smallest absolute Gasteiger partial charge is 0.250 e. The summed E-state index contributed by atoms with van der Waals surface area (Å²) in [6.07, 6.45) is 1.70. The van der Waals surface area contributed by atoms with E-state index >= 15 is 0 Å². The predicted molar refractivity (Wildman–Crippen MR) is 96.2 cm³/mol. The normalized spacial score (nSPS) is 22.5. The van der Waals surface area contributed by atoms with E-state index in [1.807, 2.05) is 51.1 Å². The quantitative estimate of drug-likeness (QED) is 0.824. The summed E-state index contributed by atoms with van der Waals surface area (Å²) in [4.78, 5) is 12.3. The average molecular weight is 353 g/mol. The summed E-state index contributed by atoms with van der Waals surface area (Å²) in [5.41, 5.74) is 1.10. The van der Waals surface area contributed by atoms with E-state index < -0.39 is 27.2 Å². The molecule has 0 heterocycles. The first-order valence-corrected chi connectivity index (χ1v) is 9.95. The fraction of sp³-hybridized carbons (Fsp3) is 0.611. The van der Waals surface area contributed by atoms with Crippen molar-refractivity contribution >= 4 is 15.9 Å². The first kappa shape index (κ1) is 18.9. The van der Waals surface area contributed by atoms with Gasteiger partial charge >= 0.3 is 0 Å². The molecule has 5 nitrogen and oxygen atoms in total. The number of hydrogen-bond acceptors (Lipinski definition) is 4. The van der Waals surface area contributed by atoms with Gasteiger partial charge < -0.3 is 5.32 Å². The molecule has 2 rings (SSSR count). The second kappa shape index (κ2) is 7.23. The number of carbonyl (C=O) groups is 1. The molecule has 1 saturated carbocycles. The minimum absolute atomic E-state index is 0.0658. The summed E-state index contributed by atoms with van der Waals surface area (Å²) in [7, 11) is -1.94. The Balaban J connectivity index is 1.93. The van der Waals surface area contributed by atoms with E-state index in [4.69, 9.17) is 0 Å². The van der Waals surface area contributed by atoms with E-state index in [0.29, 0.717) is 19.3 Å². The maximum atomic E-state index is 12.4. The second-order valence-corrected chi connectivity index (χ2v) is 9.78. The zero-order valence-electron chi connectivity index (χ0n) is 14.9. The van der Waals surface area contributed by atoms with Crippen LogP contribution in [0.3, 0.4) is 0 Å². The van der Waals surface area contributed by atoms with Gasteiger partial charge in [0.15, 0.2) is 0 Å². The Labute approximate surface area is 145 Å². The molecule has 1 unspecified atom stereocenters. The monoisotopic (exact) mass is 352 g/mol. The Hall–Kier alpha value is -1.40. The lowest BCUT2D eigenvalue weighted by Crippen LogP contribution is -2.51. The first-order valence-electron chi connectivity index (χ1n) is 8.40. The van der Waals surface area contributed by atoms with Crippen LogP contribution in [0.4, 0.5) is 0 Å². The molecule has 1 atom stereocenters. The summed E-state index contributed by atoms with van der Waals surface area (Å²) in [5, 5.41) is 2.43. The van der Waals surface area contributed by atoms with E-state index in [1.165, 1.54) is 0 Å². The van der Waals surface area contributed by atoms with Gasteiger partial charge in [0.1, 0.15) is 0 Å². The first-order chi connectivity index (χ1) is 11.1. The third-order valence-corrected chi connectivity index (χ3v) is 6.28. The SMILES string of the molecule is CNC(CC(C)(C)C)C(=O)NS(=O)(=O)C1CC(c2ccccc2)C1. The Kier molecular flexibility index (Phi) is 5.71. The summed E-state index contributed by atoms with van der Waals surface area (Å²) in [6.45, 7) is 6.07. The van der Waals surface area contributed by atoms with Gasteiger partial charge in [-0.25, -0.2) is 8.42 Å². The van der Waals surface area contributed by atoms with Crippen molar-refractivity contribution in [1.29, 1.82) is 0 Å². The molecular weight excluding hydrogens is 324 g/mol. The minimum atomic E-state index is -3.61. The van der Waals surface area contributed by atoms with Crippen LogP contribution in [-0.4, -0.2) is 32.7 Å². The third kappa shape index (κ3) is 4.80. The Bertz CT molecular complexity index is 659. The van der Waals surface area contributed by atoms with Crippen LogP contribution in [0, 0.1) is 5.41 Å². The van der Waals surface area contributed by atoms with Crippen LogP contribution in [0.25, 0.3) is 0 Å². The van der Waals surface area contributed by atoms with Gasteiger partial charge in [0.25, 0.3) is 5.91 Å². The molecule has 134 valence electrons. The second-order valence-electron chi connectivity index (χ2n) is 7.82. The van der Waals surface area contributed by atoms with Gasteiger partial charge in [-0.3, -0.25) is 9.52 Å². The highest BCUT2D eigenvalue weighted by Gasteiger charge is 2.41. The fourth-order valence-corrected chi connectivity index (χ4v) is 4.61. The van der Waals surface area contributed by atoms with Crippen LogP contribution in [0.15, 0.2) is 30.3 Å². The van der Waals surface area contributed by atoms with Crippen molar-refractivity contribution in [2.75, 3.05) is 7.05 Å². The van der Waals surface area contributed by atoms with Gasteiger partial charge in [0, 0.05) is 0 Å². The van der Waals surface area contributed by atoms with E-state index in [9.17, 15) is 13.2 Å². The standard InChI is InChI=1S/C18H28N2O3S/c1-18(2,3)12-16(19-4)17(21)20-24(22,23)15-10-14(11-15)13-8-6-5-7-9-13/h5-9,14-16,19H,10-12H2,1-4H3,(H,20,21). The predicted octanol–water partition coefficient (Wildman–Crippen LogP) is 2.40. The van der Waals surface area contributed by atoms with Gasteiger partial charge in [-0.1, -0.05) is 51.1 Å². The average Bonchev–Trinajstić information content (AvgIpc) is 2.42. The van der Waals surface area contributed by atoms with Crippen molar-refractivity contribution in [3.8, 4) is 0 Å². The minimum Gasteiger partial charge on any atom is -0.309 e. The molecule has 1 amide bonds. The molecule has 1 aromatic carbocycles. The summed E-state index contributed by atoms with van der Waals surface area (Å²) >= 11 is 0. The van der Waals surface area contributed by atoms with Gasteiger partial charge in [-0.05, 0) is 43.2 Å². The van der Waals surface area contributed by atoms with E-state index in [-0.39, 0.29) is 11.3 Å². The van der Waals surface area contributed by atoms with Crippen molar-refractivity contribution in [2.45, 2.75) is 57.2 Å². The molecule has 0 saturated heterocycles. The maximum absolute atomic E-state index is 12.4. The van der Waals surface area contributed by atoms with Crippen molar-refractivity contribution in [3.63, 3.8) is 0 Å². The van der Waals surface area contributed by atoms with Gasteiger partial charge in [-0.15, -0.1) is 0 Å². The van der Waals surface area contributed by atoms with Crippen LogP contribution >= 0.6 is 0 Å². The van der Waals surface area contributed by atoms with Crippen molar-refractivity contribution in [1.82, 2.24) is 10.0 Å². The molecule has 24 heavy (non-hydrogen) atoms. The molecular formula is C18H28N2O3S. The van der Waals surface area contributed by atoms with Gasteiger partial charge in [-0.2, -0.15) is 0 Å². The molecule has 0 spiro atoms. The van der Waals surface area contributed by atoms with E-state index in [2.05, 4.69) is 10.0 Å². The van der Waals surface area contributed by atoms with E-state index in [1.54, 1.807) is 7.05 Å². The lowest BCUT2D eigenvalue weighted by molar-refractivity contribution is -0.122.